The minimum Gasteiger partial charge on any atom is -0.493 e. The first-order valence-electron chi connectivity index (χ1n) is 10.0. The van der Waals surface area contributed by atoms with E-state index in [0.29, 0.717) is 50.5 Å². The number of hydrogen-bond acceptors (Lipinski definition) is 9. The summed E-state index contributed by atoms with van der Waals surface area (Å²) < 4.78 is 38.4. The summed E-state index contributed by atoms with van der Waals surface area (Å²) >= 11 is 0. The predicted molar refractivity (Wildman–Crippen MR) is 115 cm³/mol. The summed E-state index contributed by atoms with van der Waals surface area (Å²) in [7, 11) is 4.43. The molecule has 0 fully saturated rings. The Hall–Kier alpha value is -3.98. The summed E-state index contributed by atoms with van der Waals surface area (Å²) in [4.78, 5) is 25.1. The van der Waals surface area contributed by atoms with Crippen molar-refractivity contribution in [2.45, 2.75) is 13.2 Å². The van der Waals surface area contributed by atoms with Crippen LogP contribution in [-0.4, -0.2) is 40.1 Å². The number of methoxy groups -OCH3 is 3. The molecule has 0 N–H and O–H groups in total. The Morgan fingerprint density at radius 1 is 0.939 bits per heavy atom. The van der Waals surface area contributed by atoms with Crippen molar-refractivity contribution in [1.29, 1.82) is 0 Å². The number of fused-ring (bicyclic) bond motifs is 3. The van der Waals surface area contributed by atoms with Crippen molar-refractivity contribution in [2.75, 3.05) is 28.1 Å². The van der Waals surface area contributed by atoms with Crippen molar-refractivity contribution >= 4 is 22.7 Å². The molecular formula is C24H20O9. The maximum atomic E-state index is 13.1. The van der Waals surface area contributed by atoms with E-state index in [9.17, 15) is 9.59 Å². The second-order valence-electron chi connectivity index (χ2n) is 7.38. The van der Waals surface area contributed by atoms with Crippen LogP contribution in [0, 0.1) is 0 Å². The number of rotatable bonds is 5. The van der Waals surface area contributed by atoms with Crippen LogP contribution in [0.15, 0.2) is 30.3 Å². The molecule has 2 heterocycles. The number of cyclic esters (lactones) is 1. The molecule has 2 aliphatic heterocycles. The van der Waals surface area contributed by atoms with Gasteiger partial charge in [-0.15, -0.1) is 0 Å². The lowest BCUT2D eigenvalue weighted by Crippen LogP contribution is -2.09. The number of ether oxygens (including phenoxy) is 7. The van der Waals surface area contributed by atoms with Crippen LogP contribution in [0.25, 0.3) is 21.9 Å². The Morgan fingerprint density at radius 3 is 2.30 bits per heavy atom. The third-order valence-corrected chi connectivity index (χ3v) is 5.58. The number of carbonyl (C=O) groups is 2. The molecule has 0 amide bonds. The van der Waals surface area contributed by atoms with Crippen molar-refractivity contribution in [1.82, 2.24) is 0 Å². The summed E-state index contributed by atoms with van der Waals surface area (Å²) in [6.45, 7) is 1.39. The highest BCUT2D eigenvalue weighted by Crippen LogP contribution is 2.51. The van der Waals surface area contributed by atoms with Crippen LogP contribution in [0.4, 0.5) is 0 Å². The second-order valence-corrected chi connectivity index (χ2v) is 7.38. The largest absolute Gasteiger partial charge is 0.493 e. The zero-order valence-corrected chi connectivity index (χ0v) is 18.3. The Balaban J connectivity index is 1.94. The van der Waals surface area contributed by atoms with Crippen molar-refractivity contribution in [2.24, 2.45) is 0 Å². The van der Waals surface area contributed by atoms with E-state index in [0.717, 1.165) is 0 Å². The van der Waals surface area contributed by atoms with E-state index in [4.69, 9.17) is 33.2 Å². The quantitative estimate of drug-likeness (QED) is 0.420. The first kappa shape index (κ1) is 20.9. The maximum absolute atomic E-state index is 13.1. The second kappa shape index (κ2) is 7.86. The molecule has 9 heteroatoms. The highest BCUT2D eigenvalue weighted by molar-refractivity contribution is 6.14. The van der Waals surface area contributed by atoms with Crippen LogP contribution in [0.3, 0.4) is 0 Å². The van der Waals surface area contributed by atoms with Gasteiger partial charge < -0.3 is 33.2 Å². The molecule has 0 saturated carbocycles. The molecule has 33 heavy (non-hydrogen) atoms. The molecule has 0 radical (unpaired) electrons. The molecule has 0 bridgehead atoms. The van der Waals surface area contributed by atoms with Gasteiger partial charge in [0, 0.05) is 25.0 Å². The van der Waals surface area contributed by atoms with E-state index in [-0.39, 0.29) is 18.1 Å². The lowest BCUT2D eigenvalue weighted by molar-refractivity contribution is -0.132. The molecular weight excluding hydrogens is 432 g/mol. The standard InChI is InChI=1S/C24H20O9/c1-11(25)32-22-14-9-17(28-3)16(27-2)8-13(14)19(20-21(22)24(29-4)33-23(20)26)12-5-6-15-18(7-12)31-10-30-15/h5-9,24H,10H2,1-4H3. The van der Waals surface area contributed by atoms with E-state index in [1.165, 1.54) is 28.3 Å². The van der Waals surface area contributed by atoms with Gasteiger partial charge in [-0.05, 0) is 35.2 Å². The summed E-state index contributed by atoms with van der Waals surface area (Å²) in [5, 5.41) is 1.12. The van der Waals surface area contributed by atoms with Gasteiger partial charge in [-0.3, -0.25) is 4.79 Å². The Morgan fingerprint density at radius 2 is 1.64 bits per heavy atom. The van der Waals surface area contributed by atoms with E-state index in [2.05, 4.69) is 0 Å². The van der Waals surface area contributed by atoms with Crippen LogP contribution in [-0.2, 0) is 14.3 Å². The van der Waals surface area contributed by atoms with Gasteiger partial charge in [-0.2, -0.15) is 0 Å². The fourth-order valence-corrected chi connectivity index (χ4v) is 4.23. The monoisotopic (exact) mass is 452 g/mol. The van der Waals surface area contributed by atoms with Crippen LogP contribution in [0.1, 0.15) is 29.1 Å². The van der Waals surface area contributed by atoms with Gasteiger partial charge in [-0.25, -0.2) is 4.79 Å². The molecule has 0 aliphatic carbocycles. The number of esters is 2. The van der Waals surface area contributed by atoms with Crippen molar-refractivity contribution < 1.29 is 42.7 Å². The third kappa shape index (κ3) is 3.20. The topological polar surface area (TPSA) is 98.8 Å². The average Bonchev–Trinajstić information content (AvgIpc) is 3.41. The number of benzene rings is 3. The molecule has 9 nitrogen and oxygen atoms in total. The van der Waals surface area contributed by atoms with Crippen LogP contribution in [0.2, 0.25) is 0 Å². The first-order valence-corrected chi connectivity index (χ1v) is 10.0. The molecule has 0 aromatic heterocycles. The fraction of sp³-hybridized carbons (Fsp3) is 0.250. The minimum absolute atomic E-state index is 0.113. The Bertz CT molecular complexity index is 1310. The Kier molecular flexibility index (Phi) is 4.98. The lowest BCUT2D eigenvalue weighted by Gasteiger charge is -2.19. The molecule has 0 saturated heterocycles. The van der Waals surface area contributed by atoms with Gasteiger partial charge in [-0.1, -0.05) is 6.07 Å². The first-order chi connectivity index (χ1) is 16.0. The predicted octanol–water partition coefficient (Wildman–Crippen LogP) is 3.99. The van der Waals surface area contributed by atoms with Gasteiger partial charge in [0.05, 0.1) is 25.3 Å². The highest BCUT2D eigenvalue weighted by Gasteiger charge is 2.40. The summed E-state index contributed by atoms with van der Waals surface area (Å²) in [6, 6.07) is 8.80. The van der Waals surface area contributed by atoms with Gasteiger partial charge >= 0.3 is 11.9 Å². The van der Waals surface area contributed by atoms with Crippen LogP contribution < -0.4 is 23.7 Å². The van der Waals surface area contributed by atoms with Gasteiger partial charge in [0.15, 0.2) is 23.0 Å². The molecule has 3 aromatic carbocycles. The van der Waals surface area contributed by atoms with Crippen LogP contribution in [0.5, 0.6) is 28.7 Å². The van der Waals surface area contributed by atoms with Gasteiger partial charge in [0.25, 0.3) is 0 Å². The number of hydrogen-bond donors (Lipinski definition) is 0. The molecule has 1 unspecified atom stereocenters. The molecule has 2 aliphatic rings. The lowest BCUT2D eigenvalue weighted by atomic mass is 9.89. The van der Waals surface area contributed by atoms with Crippen molar-refractivity contribution in [3.05, 3.63) is 41.5 Å². The van der Waals surface area contributed by atoms with E-state index < -0.39 is 18.2 Å². The molecule has 0 spiro atoms. The average molecular weight is 452 g/mol. The minimum atomic E-state index is -1.05. The molecule has 3 aromatic rings. The van der Waals surface area contributed by atoms with Crippen molar-refractivity contribution in [3.8, 4) is 39.9 Å². The molecule has 1 atom stereocenters. The summed E-state index contributed by atoms with van der Waals surface area (Å²) in [5.74, 6) is 1.02. The summed E-state index contributed by atoms with van der Waals surface area (Å²) in [6.07, 6.45) is -1.05. The smallest absolute Gasteiger partial charge is 0.342 e. The zero-order chi connectivity index (χ0) is 23.3. The third-order valence-electron chi connectivity index (χ3n) is 5.58. The molecule has 170 valence electrons. The number of carbonyl (C=O) groups excluding carboxylic acids is 2. The fourth-order valence-electron chi connectivity index (χ4n) is 4.23. The molecule has 5 rings (SSSR count). The van der Waals surface area contributed by atoms with Gasteiger partial charge in [0.2, 0.25) is 13.1 Å². The SMILES string of the molecule is COc1cc2c(OC(C)=O)c3c(c(-c4ccc5c(c4)OCO5)c2cc1OC)C(=O)OC3OC. The van der Waals surface area contributed by atoms with Crippen molar-refractivity contribution in [3.63, 3.8) is 0 Å². The van der Waals surface area contributed by atoms with E-state index >= 15 is 0 Å². The Labute approximate surface area is 188 Å². The van der Waals surface area contributed by atoms with Gasteiger partial charge in [0.1, 0.15) is 5.75 Å². The zero-order valence-electron chi connectivity index (χ0n) is 18.3. The van der Waals surface area contributed by atoms with E-state index in [1.54, 1.807) is 24.3 Å². The van der Waals surface area contributed by atoms with Crippen LogP contribution >= 0.6 is 0 Å². The van der Waals surface area contributed by atoms with E-state index in [1.807, 2.05) is 6.07 Å². The highest BCUT2D eigenvalue weighted by atomic mass is 16.7. The normalized spacial score (nSPS) is 15.9. The maximum Gasteiger partial charge on any atom is 0.342 e. The summed E-state index contributed by atoms with van der Waals surface area (Å²) in [5.41, 5.74) is 1.79.